The Morgan fingerprint density at radius 3 is 2.58 bits per heavy atom. The van der Waals surface area contributed by atoms with Gasteiger partial charge >= 0.3 is 0 Å². The van der Waals surface area contributed by atoms with E-state index in [9.17, 15) is 8.42 Å². The Balaban J connectivity index is 1.88. The number of nitrogens with zero attached hydrogens (tertiary/aromatic N) is 1. The van der Waals surface area contributed by atoms with Crippen molar-refractivity contribution in [3.8, 4) is 0 Å². The molecule has 1 unspecified atom stereocenters. The van der Waals surface area contributed by atoms with Crippen molar-refractivity contribution in [2.75, 3.05) is 25.4 Å². The third kappa shape index (κ3) is 4.43. The molecule has 0 spiro atoms. The molecule has 0 saturated carbocycles. The molecule has 1 atom stereocenters. The zero-order valence-corrected chi connectivity index (χ0v) is 12.9. The Labute approximate surface area is 118 Å². The van der Waals surface area contributed by atoms with Crippen molar-refractivity contribution >= 4 is 10.0 Å². The van der Waals surface area contributed by atoms with Crippen LogP contribution in [-0.4, -0.2) is 44.2 Å². The lowest BCUT2D eigenvalue weighted by Crippen LogP contribution is -2.40. The number of sulfonamides is 1. The van der Waals surface area contributed by atoms with Gasteiger partial charge in [-0.3, -0.25) is 0 Å². The third-order valence-electron chi connectivity index (χ3n) is 4.59. The maximum absolute atomic E-state index is 12.5. The highest BCUT2D eigenvalue weighted by molar-refractivity contribution is 7.89. The number of hydrogen-bond acceptors (Lipinski definition) is 3. The minimum atomic E-state index is -3.04. The van der Waals surface area contributed by atoms with Gasteiger partial charge in [-0.2, -0.15) is 4.31 Å². The highest BCUT2D eigenvalue weighted by atomic mass is 32.2. The van der Waals surface area contributed by atoms with E-state index in [4.69, 9.17) is 0 Å². The summed E-state index contributed by atoms with van der Waals surface area (Å²) in [5.74, 6) is 0.945. The van der Waals surface area contributed by atoms with Crippen LogP contribution in [0.25, 0.3) is 0 Å². The molecule has 2 saturated heterocycles. The summed E-state index contributed by atoms with van der Waals surface area (Å²) in [5.41, 5.74) is 0. The van der Waals surface area contributed by atoms with E-state index in [0.29, 0.717) is 11.7 Å². The monoisotopic (exact) mass is 288 g/mol. The lowest BCUT2D eigenvalue weighted by molar-refractivity contribution is 0.332. The summed E-state index contributed by atoms with van der Waals surface area (Å²) < 4.78 is 26.8. The molecular formula is C14H28N2O2S. The molecule has 2 aliphatic heterocycles. The van der Waals surface area contributed by atoms with E-state index in [-0.39, 0.29) is 6.04 Å². The molecule has 5 heteroatoms. The van der Waals surface area contributed by atoms with Crippen molar-refractivity contribution in [1.29, 1.82) is 0 Å². The summed E-state index contributed by atoms with van der Waals surface area (Å²) in [4.78, 5) is 0. The molecule has 2 aliphatic rings. The number of hydrogen-bond donors (Lipinski definition) is 1. The van der Waals surface area contributed by atoms with Gasteiger partial charge in [0.05, 0.1) is 5.75 Å². The van der Waals surface area contributed by atoms with Crippen LogP contribution in [0.1, 0.15) is 51.9 Å². The Kier molecular flexibility index (Phi) is 5.66. The summed E-state index contributed by atoms with van der Waals surface area (Å²) in [6, 6.07) is 0.195. The van der Waals surface area contributed by atoms with E-state index in [0.717, 1.165) is 51.7 Å². The molecule has 19 heavy (non-hydrogen) atoms. The number of piperidine rings is 1. The van der Waals surface area contributed by atoms with Crippen LogP contribution in [-0.2, 0) is 10.0 Å². The second-order valence-electron chi connectivity index (χ2n) is 6.11. The van der Waals surface area contributed by atoms with Crippen molar-refractivity contribution in [3.05, 3.63) is 0 Å². The van der Waals surface area contributed by atoms with E-state index in [2.05, 4.69) is 12.2 Å². The molecular weight excluding hydrogens is 260 g/mol. The first-order valence-corrected chi connectivity index (χ1v) is 9.41. The van der Waals surface area contributed by atoms with Gasteiger partial charge in [0.2, 0.25) is 10.0 Å². The van der Waals surface area contributed by atoms with Gasteiger partial charge in [-0.05, 0) is 58.0 Å². The van der Waals surface area contributed by atoms with Gasteiger partial charge in [0.15, 0.2) is 0 Å². The standard InChI is InChI=1S/C14H28N2O2S/c1-13-5-3-2-4-11-16(13)19(17,18)12-8-14-6-9-15-10-7-14/h13-15H,2-12H2,1H3. The molecule has 112 valence electrons. The zero-order valence-electron chi connectivity index (χ0n) is 12.1. The van der Waals surface area contributed by atoms with Crippen LogP contribution >= 0.6 is 0 Å². The smallest absolute Gasteiger partial charge is 0.214 e. The minimum absolute atomic E-state index is 0.195. The van der Waals surface area contributed by atoms with Crippen molar-refractivity contribution in [1.82, 2.24) is 9.62 Å². The van der Waals surface area contributed by atoms with Crippen molar-refractivity contribution in [2.24, 2.45) is 5.92 Å². The average molecular weight is 288 g/mol. The molecule has 2 fully saturated rings. The van der Waals surface area contributed by atoms with Crippen LogP contribution < -0.4 is 5.32 Å². The van der Waals surface area contributed by atoms with E-state index < -0.39 is 10.0 Å². The summed E-state index contributed by atoms with van der Waals surface area (Å²) >= 11 is 0. The van der Waals surface area contributed by atoms with Gasteiger partial charge in [-0.1, -0.05) is 12.8 Å². The van der Waals surface area contributed by atoms with Crippen LogP contribution in [0.5, 0.6) is 0 Å². The summed E-state index contributed by atoms with van der Waals surface area (Å²) in [6.07, 6.45) is 7.49. The maximum atomic E-state index is 12.5. The molecule has 0 bridgehead atoms. The van der Waals surface area contributed by atoms with E-state index >= 15 is 0 Å². The van der Waals surface area contributed by atoms with Crippen LogP contribution in [0, 0.1) is 5.92 Å². The number of rotatable bonds is 4. The van der Waals surface area contributed by atoms with Crippen molar-refractivity contribution in [2.45, 2.75) is 57.9 Å². The first-order valence-electron chi connectivity index (χ1n) is 7.80. The van der Waals surface area contributed by atoms with Crippen LogP contribution in [0.4, 0.5) is 0 Å². The quantitative estimate of drug-likeness (QED) is 0.860. The van der Waals surface area contributed by atoms with Gasteiger partial charge < -0.3 is 5.32 Å². The van der Waals surface area contributed by atoms with Gasteiger partial charge in [0, 0.05) is 12.6 Å². The molecule has 2 heterocycles. The first-order chi connectivity index (χ1) is 9.09. The highest BCUT2D eigenvalue weighted by Gasteiger charge is 2.29. The Morgan fingerprint density at radius 1 is 1.11 bits per heavy atom. The molecule has 2 rings (SSSR count). The highest BCUT2D eigenvalue weighted by Crippen LogP contribution is 2.23. The molecule has 0 aromatic carbocycles. The number of nitrogens with one attached hydrogen (secondary N) is 1. The minimum Gasteiger partial charge on any atom is -0.317 e. The van der Waals surface area contributed by atoms with Crippen molar-refractivity contribution in [3.63, 3.8) is 0 Å². The zero-order chi connectivity index (χ0) is 13.7. The average Bonchev–Trinajstić information content (AvgIpc) is 2.63. The third-order valence-corrected chi connectivity index (χ3v) is 6.60. The fourth-order valence-electron chi connectivity index (χ4n) is 3.27. The van der Waals surface area contributed by atoms with Crippen LogP contribution in [0.2, 0.25) is 0 Å². The molecule has 0 aromatic rings. The molecule has 0 amide bonds. The van der Waals surface area contributed by atoms with E-state index in [1.165, 1.54) is 12.8 Å². The topological polar surface area (TPSA) is 49.4 Å². The summed E-state index contributed by atoms with van der Waals surface area (Å²) in [7, 11) is -3.04. The Morgan fingerprint density at radius 2 is 1.84 bits per heavy atom. The van der Waals surface area contributed by atoms with Crippen LogP contribution in [0.15, 0.2) is 0 Å². The van der Waals surface area contributed by atoms with Crippen molar-refractivity contribution < 1.29 is 8.42 Å². The largest absolute Gasteiger partial charge is 0.317 e. The van der Waals surface area contributed by atoms with E-state index in [1.54, 1.807) is 4.31 Å². The summed E-state index contributed by atoms with van der Waals surface area (Å²) in [6.45, 7) is 4.89. The Bertz CT molecular complexity index is 364. The Hall–Kier alpha value is -0.130. The molecule has 1 N–H and O–H groups in total. The fourth-order valence-corrected chi connectivity index (χ4v) is 5.19. The van der Waals surface area contributed by atoms with E-state index in [1.807, 2.05) is 0 Å². The second-order valence-corrected chi connectivity index (χ2v) is 8.15. The molecule has 0 aliphatic carbocycles. The lowest BCUT2D eigenvalue weighted by atomic mass is 9.96. The van der Waals surface area contributed by atoms with Gasteiger partial charge in [0.25, 0.3) is 0 Å². The fraction of sp³-hybridized carbons (Fsp3) is 1.00. The molecule has 0 radical (unpaired) electrons. The predicted molar refractivity (Wildman–Crippen MR) is 78.6 cm³/mol. The molecule has 4 nitrogen and oxygen atoms in total. The SMILES string of the molecule is CC1CCCCCN1S(=O)(=O)CCC1CCNCC1. The van der Waals surface area contributed by atoms with Gasteiger partial charge in [-0.25, -0.2) is 8.42 Å². The lowest BCUT2D eigenvalue weighted by Gasteiger charge is -2.28. The summed E-state index contributed by atoms with van der Waals surface area (Å²) in [5, 5.41) is 3.33. The van der Waals surface area contributed by atoms with Crippen LogP contribution in [0.3, 0.4) is 0 Å². The maximum Gasteiger partial charge on any atom is 0.214 e. The molecule has 0 aromatic heterocycles. The normalized spacial score (nSPS) is 28.2. The first kappa shape index (κ1) is 15.3. The second kappa shape index (κ2) is 7.04. The van der Waals surface area contributed by atoms with Gasteiger partial charge in [-0.15, -0.1) is 0 Å². The predicted octanol–water partition coefficient (Wildman–Crippen LogP) is 1.97. The van der Waals surface area contributed by atoms with Gasteiger partial charge in [0.1, 0.15) is 0 Å².